The van der Waals surface area contributed by atoms with Gasteiger partial charge in [-0.05, 0) is 37.8 Å². The Morgan fingerprint density at radius 1 is 1.32 bits per heavy atom. The number of aromatic nitrogens is 2. The molecular formula is C15H20BrN3. The fraction of sp³-hybridized carbons (Fsp3) is 0.533. The van der Waals surface area contributed by atoms with Crippen LogP contribution < -0.4 is 4.90 Å². The molecule has 4 heteroatoms. The molecule has 1 atom stereocenters. The molecule has 2 aromatic rings. The van der Waals surface area contributed by atoms with Crippen LogP contribution in [0, 0.1) is 0 Å². The highest BCUT2D eigenvalue weighted by molar-refractivity contribution is 9.09. The molecule has 0 amide bonds. The van der Waals surface area contributed by atoms with Crippen molar-refractivity contribution in [3.8, 4) is 0 Å². The number of piperidine rings is 1. The summed E-state index contributed by atoms with van der Waals surface area (Å²) in [5.74, 6) is 1.13. The predicted molar refractivity (Wildman–Crippen MR) is 84.1 cm³/mol. The molecule has 1 fully saturated rings. The molecule has 1 saturated heterocycles. The van der Waals surface area contributed by atoms with Crippen molar-refractivity contribution >= 4 is 32.9 Å². The predicted octanol–water partition coefficient (Wildman–Crippen LogP) is 3.72. The Kier molecular flexibility index (Phi) is 3.78. The van der Waals surface area contributed by atoms with Crippen LogP contribution in [0.1, 0.15) is 25.7 Å². The molecule has 1 aliphatic heterocycles. The molecule has 3 rings (SSSR count). The normalized spacial score (nSPS) is 20.1. The minimum absolute atomic E-state index is 0.628. The van der Waals surface area contributed by atoms with E-state index in [2.05, 4.69) is 56.7 Å². The van der Waals surface area contributed by atoms with E-state index in [0.717, 1.165) is 23.3 Å². The van der Waals surface area contributed by atoms with Crippen LogP contribution in [0.3, 0.4) is 0 Å². The number of fused-ring (bicyclic) bond motifs is 1. The highest BCUT2D eigenvalue weighted by Gasteiger charge is 2.25. The monoisotopic (exact) mass is 321 g/mol. The number of halogens is 1. The van der Waals surface area contributed by atoms with Crippen molar-refractivity contribution in [2.45, 2.75) is 31.7 Å². The lowest BCUT2D eigenvalue weighted by Crippen LogP contribution is -2.41. The maximum absolute atomic E-state index is 4.84. The zero-order valence-electron chi connectivity index (χ0n) is 11.3. The highest BCUT2D eigenvalue weighted by atomic mass is 79.9. The number of alkyl halides is 1. The minimum atomic E-state index is 0.628. The van der Waals surface area contributed by atoms with Crippen molar-refractivity contribution < 1.29 is 0 Å². The summed E-state index contributed by atoms with van der Waals surface area (Å²) in [6, 6.07) is 9.02. The van der Waals surface area contributed by atoms with Crippen molar-refractivity contribution in [1.29, 1.82) is 0 Å². The Hall–Kier alpha value is -1.03. The molecule has 0 radical (unpaired) electrons. The molecule has 0 aliphatic carbocycles. The van der Waals surface area contributed by atoms with Gasteiger partial charge in [0.1, 0.15) is 0 Å². The average Bonchev–Trinajstić information content (AvgIpc) is 2.78. The molecule has 1 unspecified atom stereocenters. The maximum Gasteiger partial charge on any atom is 0.206 e. The van der Waals surface area contributed by atoms with Crippen LogP contribution in [-0.4, -0.2) is 27.5 Å². The summed E-state index contributed by atoms with van der Waals surface area (Å²) in [6.07, 6.45) is 5.11. The first-order valence-corrected chi connectivity index (χ1v) is 8.17. The quantitative estimate of drug-likeness (QED) is 0.803. The molecule has 3 nitrogen and oxygen atoms in total. The molecule has 2 heterocycles. The van der Waals surface area contributed by atoms with E-state index in [4.69, 9.17) is 4.98 Å². The van der Waals surface area contributed by atoms with Gasteiger partial charge in [0.05, 0.1) is 11.0 Å². The number of hydrogen-bond acceptors (Lipinski definition) is 2. The number of rotatable bonds is 3. The molecular weight excluding hydrogens is 302 g/mol. The van der Waals surface area contributed by atoms with E-state index >= 15 is 0 Å². The molecule has 0 saturated carbocycles. The van der Waals surface area contributed by atoms with Gasteiger partial charge in [0.15, 0.2) is 0 Å². The van der Waals surface area contributed by atoms with Gasteiger partial charge >= 0.3 is 0 Å². The molecule has 0 N–H and O–H groups in total. The standard InChI is InChI=1S/C15H20BrN3/c1-18-14-8-3-2-7-13(14)17-15(18)19-11-5-4-6-12(19)9-10-16/h2-3,7-8,12H,4-6,9-11H2,1H3. The van der Waals surface area contributed by atoms with Gasteiger partial charge in [-0.3, -0.25) is 0 Å². The minimum Gasteiger partial charge on any atom is -0.339 e. The van der Waals surface area contributed by atoms with Gasteiger partial charge in [-0.25, -0.2) is 4.98 Å². The summed E-state index contributed by atoms with van der Waals surface area (Å²) in [6.45, 7) is 1.13. The lowest BCUT2D eigenvalue weighted by atomic mass is 10.0. The van der Waals surface area contributed by atoms with Crippen LogP contribution in [0.25, 0.3) is 11.0 Å². The number of imidazole rings is 1. The molecule has 0 spiro atoms. The summed E-state index contributed by atoms with van der Waals surface area (Å²) in [5.41, 5.74) is 2.32. The Morgan fingerprint density at radius 2 is 2.16 bits per heavy atom. The van der Waals surface area contributed by atoms with Gasteiger partial charge in [0.2, 0.25) is 5.95 Å². The Bertz CT molecular complexity index is 562. The molecule has 19 heavy (non-hydrogen) atoms. The van der Waals surface area contributed by atoms with Gasteiger partial charge in [-0.2, -0.15) is 0 Å². The third-order valence-electron chi connectivity index (χ3n) is 4.09. The van der Waals surface area contributed by atoms with E-state index in [1.807, 2.05) is 0 Å². The van der Waals surface area contributed by atoms with Gasteiger partial charge in [0.25, 0.3) is 0 Å². The SMILES string of the molecule is Cn1c(N2CCCCC2CCBr)nc2ccccc21. The Balaban J connectivity index is 1.99. The molecule has 102 valence electrons. The van der Waals surface area contributed by atoms with E-state index in [-0.39, 0.29) is 0 Å². The van der Waals surface area contributed by atoms with Crippen molar-refractivity contribution in [2.75, 3.05) is 16.8 Å². The third-order valence-corrected chi connectivity index (χ3v) is 4.55. The number of nitrogens with zero attached hydrogens (tertiary/aromatic N) is 3. The van der Waals surface area contributed by atoms with Crippen LogP contribution in [0.5, 0.6) is 0 Å². The van der Waals surface area contributed by atoms with E-state index in [1.54, 1.807) is 0 Å². The average molecular weight is 322 g/mol. The number of benzene rings is 1. The van der Waals surface area contributed by atoms with E-state index < -0.39 is 0 Å². The van der Waals surface area contributed by atoms with Gasteiger partial charge in [-0.15, -0.1) is 0 Å². The molecule has 0 bridgehead atoms. The second kappa shape index (κ2) is 5.53. The summed E-state index contributed by atoms with van der Waals surface area (Å²) in [4.78, 5) is 7.35. The Labute approximate surface area is 122 Å². The van der Waals surface area contributed by atoms with Crippen LogP contribution in [0.2, 0.25) is 0 Å². The first kappa shape index (κ1) is 13.0. The molecule has 1 aromatic heterocycles. The van der Waals surface area contributed by atoms with Gasteiger partial charge in [-0.1, -0.05) is 28.1 Å². The number of aryl methyl sites for hydroxylation is 1. The second-order valence-electron chi connectivity index (χ2n) is 5.28. The van der Waals surface area contributed by atoms with Crippen molar-refractivity contribution in [3.05, 3.63) is 24.3 Å². The number of anilines is 1. The lowest BCUT2D eigenvalue weighted by Gasteiger charge is -2.36. The molecule has 1 aromatic carbocycles. The fourth-order valence-electron chi connectivity index (χ4n) is 3.08. The Morgan fingerprint density at radius 3 is 2.95 bits per heavy atom. The zero-order valence-corrected chi connectivity index (χ0v) is 12.9. The first-order chi connectivity index (χ1) is 9.31. The van der Waals surface area contributed by atoms with Crippen LogP contribution in [0.15, 0.2) is 24.3 Å². The highest BCUT2D eigenvalue weighted by Crippen LogP contribution is 2.28. The van der Waals surface area contributed by atoms with Gasteiger partial charge < -0.3 is 9.47 Å². The summed E-state index contributed by atoms with van der Waals surface area (Å²) >= 11 is 3.58. The molecule has 1 aliphatic rings. The van der Waals surface area contributed by atoms with Crippen molar-refractivity contribution in [2.24, 2.45) is 7.05 Å². The van der Waals surface area contributed by atoms with Crippen molar-refractivity contribution in [1.82, 2.24) is 9.55 Å². The van der Waals surface area contributed by atoms with E-state index in [1.165, 1.54) is 31.2 Å². The van der Waals surface area contributed by atoms with E-state index in [9.17, 15) is 0 Å². The van der Waals surface area contributed by atoms with Gasteiger partial charge in [0, 0.05) is 25.0 Å². The third kappa shape index (κ3) is 2.38. The number of para-hydroxylation sites is 2. The largest absolute Gasteiger partial charge is 0.339 e. The summed E-state index contributed by atoms with van der Waals surface area (Å²) in [7, 11) is 2.13. The lowest BCUT2D eigenvalue weighted by molar-refractivity contribution is 0.443. The smallest absolute Gasteiger partial charge is 0.206 e. The van der Waals surface area contributed by atoms with E-state index in [0.29, 0.717) is 6.04 Å². The topological polar surface area (TPSA) is 21.1 Å². The van der Waals surface area contributed by atoms with Crippen LogP contribution in [-0.2, 0) is 7.05 Å². The second-order valence-corrected chi connectivity index (χ2v) is 6.07. The fourth-order valence-corrected chi connectivity index (χ4v) is 3.61. The van der Waals surface area contributed by atoms with Crippen LogP contribution >= 0.6 is 15.9 Å². The van der Waals surface area contributed by atoms with Crippen LogP contribution in [0.4, 0.5) is 5.95 Å². The number of hydrogen-bond donors (Lipinski definition) is 0. The first-order valence-electron chi connectivity index (χ1n) is 7.05. The maximum atomic E-state index is 4.84. The summed E-state index contributed by atoms with van der Waals surface area (Å²) < 4.78 is 2.24. The summed E-state index contributed by atoms with van der Waals surface area (Å²) in [5, 5.41) is 1.07. The van der Waals surface area contributed by atoms with Crippen molar-refractivity contribution in [3.63, 3.8) is 0 Å². The zero-order chi connectivity index (χ0) is 13.2.